The quantitative estimate of drug-likeness (QED) is 0.394. The van der Waals surface area contributed by atoms with Crippen LogP contribution in [0.25, 0.3) is 0 Å². The van der Waals surface area contributed by atoms with Crippen LogP contribution in [-0.4, -0.2) is 52.9 Å². The van der Waals surface area contributed by atoms with Gasteiger partial charge in [0.1, 0.15) is 5.84 Å². The molecule has 124 valence electrons. The summed E-state index contributed by atoms with van der Waals surface area (Å²) in [5.41, 5.74) is 1.44. The van der Waals surface area contributed by atoms with E-state index < -0.39 is 0 Å². The summed E-state index contributed by atoms with van der Waals surface area (Å²) in [5, 5.41) is 11.0. The first-order valence-electron chi connectivity index (χ1n) is 7.08. The lowest BCUT2D eigenvalue weighted by molar-refractivity contribution is -0.126. The van der Waals surface area contributed by atoms with E-state index in [0.717, 1.165) is 5.70 Å². The standard InChI is InChI=1S/C14H21Cl2N3O2S/c1-19(13(21)5-3-7-16)14(17)10-8-22-9-11(10)18-12(20)4-2-6-15/h17H,2-9H2,1H3,(H,18,20). The van der Waals surface area contributed by atoms with E-state index in [1.807, 2.05) is 0 Å². The van der Waals surface area contributed by atoms with Gasteiger partial charge in [-0.1, -0.05) is 0 Å². The molecule has 22 heavy (non-hydrogen) atoms. The molecule has 0 aromatic carbocycles. The summed E-state index contributed by atoms with van der Waals surface area (Å²) in [6.45, 7) is 0. The van der Waals surface area contributed by atoms with E-state index in [1.165, 1.54) is 4.90 Å². The van der Waals surface area contributed by atoms with Crippen LogP contribution >= 0.6 is 35.0 Å². The Labute approximate surface area is 145 Å². The summed E-state index contributed by atoms with van der Waals surface area (Å²) < 4.78 is 0. The Hall–Kier alpha value is -0.720. The summed E-state index contributed by atoms with van der Waals surface area (Å²) in [7, 11) is 1.59. The molecule has 1 heterocycles. The molecule has 2 amide bonds. The van der Waals surface area contributed by atoms with E-state index >= 15 is 0 Å². The third-order valence-electron chi connectivity index (χ3n) is 3.20. The molecule has 1 aliphatic rings. The zero-order chi connectivity index (χ0) is 16.5. The number of amides is 2. The van der Waals surface area contributed by atoms with Gasteiger partial charge in [-0.25, -0.2) is 0 Å². The smallest absolute Gasteiger partial charge is 0.227 e. The molecule has 8 heteroatoms. The third kappa shape index (κ3) is 5.82. The van der Waals surface area contributed by atoms with Gasteiger partial charge in [-0.2, -0.15) is 11.8 Å². The largest absolute Gasteiger partial charge is 0.328 e. The first-order chi connectivity index (χ1) is 10.5. The van der Waals surface area contributed by atoms with Gasteiger partial charge >= 0.3 is 0 Å². The number of halogens is 2. The second-order valence-electron chi connectivity index (χ2n) is 4.88. The predicted octanol–water partition coefficient (Wildman–Crippen LogP) is 2.58. The highest BCUT2D eigenvalue weighted by Crippen LogP contribution is 2.24. The van der Waals surface area contributed by atoms with E-state index in [-0.39, 0.29) is 17.6 Å². The van der Waals surface area contributed by atoms with E-state index in [1.54, 1.807) is 18.8 Å². The maximum atomic E-state index is 12.0. The Morgan fingerprint density at radius 2 is 1.86 bits per heavy atom. The fraction of sp³-hybridized carbons (Fsp3) is 0.643. The lowest BCUT2D eigenvalue weighted by Gasteiger charge is -2.20. The minimum absolute atomic E-state index is 0.0976. The number of nitrogens with one attached hydrogen (secondary N) is 2. The van der Waals surface area contributed by atoms with Crippen LogP contribution in [0.4, 0.5) is 0 Å². The molecule has 0 spiro atoms. The number of amidine groups is 1. The van der Waals surface area contributed by atoms with Gasteiger partial charge in [-0.15, -0.1) is 23.2 Å². The van der Waals surface area contributed by atoms with E-state index in [0.29, 0.717) is 54.5 Å². The van der Waals surface area contributed by atoms with Crippen LogP contribution in [-0.2, 0) is 9.59 Å². The van der Waals surface area contributed by atoms with Gasteiger partial charge in [0.15, 0.2) is 0 Å². The monoisotopic (exact) mass is 365 g/mol. The summed E-state index contributed by atoms with van der Waals surface area (Å²) in [4.78, 5) is 25.1. The SMILES string of the molecule is CN(C(=N)C1=C(NC(=O)CCCCl)CSC1)C(=O)CCCCl. The van der Waals surface area contributed by atoms with Crippen LogP contribution in [0, 0.1) is 5.41 Å². The highest BCUT2D eigenvalue weighted by atomic mass is 35.5. The van der Waals surface area contributed by atoms with Gasteiger partial charge in [0.05, 0.1) is 0 Å². The Balaban J connectivity index is 2.69. The lowest BCUT2D eigenvalue weighted by atomic mass is 10.2. The number of hydrogen-bond acceptors (Lipinski definition) is 4. The number of rotatable bonds is 8. The van der Waals surface area contributed by atoms with Crippen LogP contribution in [0.3, 0.4) is 0 Å². The Morgan fingerprint density at radius 3 is 2.50 bits per heavy atom. The molecule has 0 radical (unpaired) electrons. The van der Waals surface area contributed by atoms with E-state index in [4.69, 9.17) is 28.6 Å². The van der Waals surface area contributed by atoms with Crippen molar-refractivity contribution in [2.45, 2.75) is 25.7 Å². The minimum atomic E-state index is -0.136. The number of carbonyl (C=O) groups excluding carboxylic acids is 2. The summed E-state index contributed by atoms with van der Waals surface area (Å²) in [5.74, 6) is 2.06. The third-order valence-corrected chi connectivity index (χ3v) is 4.72. The summed E-state index contributed by atoms with van der Waals surface area (Å²) in [6.07, 6.45) is 1.90. The average Bonchev–Trinajstić information content (AvgIpc) is 2.96. The molecule has 0 aromatic rings. The molecule has 0 bridgehead atoms. The van der Waals surface area contributed by atoms with Crippen LogP contribution in [0.15, 0.2) is 11.3 Å². The second-order valence-corrected chi connectivity index (χ2v) is 6.63. The fourth-order valence-corrected chi connectivity index (χ4v) is 3.26. The highest BCUT2D eigenvalue weighted by molar-refractivity contribution is 8.00. The van der Waals surface area contributed by atoms with E-state index in [9.17, 15) is 9.59 Å². The lowest BCUT2D eigenvalue weighted by Crippen LogP contribution is -2.35. The van der Waals surface area contributed by atoms with Gasteiger partial charge < -0.3 is 10.2 Å². The van der Waals surface area contributed by atoms with Crippen LogP contribution < -0.4 is 5.32 Å². The highest BCUT2D eigenvalue weighted by Gasteiger charge is 2.24. The molecular formula is C14H21Cl2N3O2S. The predicted molar refractivity (Wildman–Crippen MR) is 92.9 cm³/mol. The van der Waals surface area contributed by atoms with Crippen molar-refractivity contribution < 1.29 is 9.59 Å². The number of hydrogen-bond donors (Lipinski definition) is 2. The molecule has 0 unspecified atom stereocenters. The van der Waals surface area contributed by atoms with Crippen LogP contribution in [0.2, 0.25) is 0 Å². The van der Waals surface area contributed by atoms with Crippen molar-refractivity contribution in [3.63, 3.8) is 0 Å². The molecule has 0 atom stereocenters. The molecule has 0 aliphatic carbocycles. The van der Waals surface area contributed by atoms with Crippen LogP contribution in [0.5, 0.6) is 0 Å². The maximum Gasteiger partial charge on any atom is 0.227 e. The first kappa shape index (κ1) is 19.3. The molecule has 2 N–H and O–H groups in total. The maximum absolute atomic E-state index is 12.0. The van der Waals surface area contributed by atoms with E-state index in [2.05, 4.69) is 5.32 Å². The fourth-order valence-electron chi connectivity index (χ4n) is 1.92. The number of carbonyl (C=O) groups is 2. The first-order valence-corrected chi connectivity index (χ1v) is 9.30. The molecule has 0 saturated heterocycles. The van der Waals surface area contributed by atoms with Crippen molar-refractivity contribution in [1.29, 1.82) is 5.41 Å². The van der Waals surface area contributed by atoms with Crippen molar-refractivity contribution in [2.24, 2.45) is 0 Å². The van der Waals surface area contributed by atoms with Crippen molar-refractivity contribution in [3.05, 3.63) is 11.3 Å². The molecule has 0 fully saturated rings. The molecular weight excluding hydrogens is 345 g/mol. The van der Waals surface area contributed by atoms with Gasteiger partial charge in [-0.05, 0) is 12.8 Å². The molecule has 0 aromatic heterocycles. The number of alkyl halides is 2. The average molecular weight is 366 g/mol. The summed E-state index contributed by atoms with van der Waals surface area (Å²) >= 11 is 12.8. The van der Waals surface area contributed by atoms with Gasteiger partial charge in [0.2, 0.25) is 11.8 Å². The van der Waals surface area contributed by atoms with Crippen molar-refractivity contribution in [2.75, 3.05) is 30.3 Å². The molecule has 5 nitrogen and oxygen atoms in total. The van der Waals surface area contributed by atoms with Crippen molar-refractivity contribution in [1.82, 2.24) is 10.2 Å². The van der Waals surface area contributed by atoms with Gasteiger partial charge in [-0.3, -0.25) is 15.0 Å². The number of nitrogens with zero attached hydrogens (tertiary/aromatic N) is 1. The topological polar surface area (TPSA) is 73.3 Å². The Bertz CT molecular complexity index is 469. The van der Waals surface area contributed by atoms with Crippen molar-refractivity contribution >= 4 is 52.6 Å². The summed E-state index contributed by atoms with van der Waals surface area (Å²) in [6, 6.07) is 0. The van der Waals surface area contributed by atoms with Crippen LogP contribution in [0.1, 0.15) is 25.7 Å². The molecule has 1 rings (SSSR count). The van der Waals surface area contributed by atoms with Crippen molar-refractivity contribution in [3.8, 4) is 0 Å². The Morgan fingerprint density at radius 1 is 1.23 bits per heavy atom. The Kier molecular flexibility index (Phi) is 8.90. The normalized spacial score (nSPS) is 14.1. The second kappa shape index (κ2) is 10.1. The zero-order valence-corrected chi connectivity index (χ0v) is 14.9. The molecule has 1 aliphatic heterocycles. The zero-order valence-electron chi connectivity index (χ0n) is 12.6. The number of likely N-dealkylation sites (N-methyl/N-ethyl adjacent to an activating group) is 1. The van der Waals surface area contributed by atoms with Gasteiger partial charge in [0, 0.05) is 54.4 Å². The molecule has 0 saturated carbocycles. The number of thioether (sulfide) groups is 1. The minimum Gasteiger partial charge on any atom is -0.328 e. The van der Waals surface area contributed by atoms with Gasteiger partial charge in [0.25, 0.3) is 0 Å².